The first kappa shape index (κ1) is 25.4. The molecule has 0 amide bonds. The van der Waals surface area contributed by atoms with E-state index >= 15 is 0 Å². The topological polar surface area (TPSA) is 21.7 Å². The minimum atomic E-state index is -0.0237. The van der Waals surface area contributed by atoms with Gasteiger partial charge in [0.2, 0.25) is 0 Å². The molecule has 5 aromatic carbocycles. The standard InChI is InChI=1S/C38H32BNO2S/c1-37(2)20-21-38(3,4)33-23(37)22-30-34-36(33)42-35-25(39(34)24-12-5-8-17-29(24)41-30)13-11-16-28(35)40-26-14-6-9-18-31(26)43-32-19-10-7-15-27(32)40/h5-19,22H,20-21H2,1-4H3. The Kier molecular flexibility index (Phi) is 5.16. The van der Waals surface area contributed by atoms with Crippen molar-refractivity contribution in [2.24, 2.45) is 0 Å². The lowest BCUT2D eigenvalue weighted by atomic mass is 9.34. The van der Waals surface area contributed by atoms with E-state index in [4.69, 9.17) is 9.47 Å². The van der Waals surface area contributed by atoms with Crippen LogP contribution in [0, 0.1) is 0 Å². The van der Waals surface area contributed by atoms with E-state index in [1.165, 1.54) is 48.7 Å². The summed E-state index contributed by atoms with van der Waals surface area (Å²) in [7, 11) is 0. The Hall–Kier alpha value is -4.09. The summed E-state index contributed by atoms with van der Waals surface area (Å²) >= 11 is 1.83. The van der Waals surface area contributed by atoms with Crippen LogP contribution < -0.4 is 30.8 Å². The largest absolute Gasteiger partial charge is 0.458 e. The predicted octanol–water partition coefficient (Wildman–Crippen LogP) is 8.70. The average Bonchev–Trinajstić information content (AvgIpc) is 3.01. The van der Waals surface area contributed by atoms with Crippen LogP contribution in [0.5, 0.6) is 23.0 Å². The van der Waals surface area contributed by atoms with Gasteiger partial charge in [-0.3, -0.25) is 0 Å². The molecule has 3 heterocycles. The molecule has 3 nitrogen and oxygen atoms in total. The van der Waals surface area contributed by atoms with Crippen molar-refractivity contribution in [3.05, 3.63) is 108 Å². The second-order valence-corrected chi connectivity index (χ2v) is 14.6. The summed E-state index contributed by atoms with van der Waals surface area (Å²) in [6.07, 6.45) is 2.24. The van der Waals surface area contributed by atoms with Crippen molar-refractivity contribution in [1.82, 2.24) is 0 Å². The maximum absolute atomic E-state index is 7.35. The minimum absolute atomic E-state index is 0.0226. The number of para-hydroxylation sites is 4. The van der Waals surface area contributed by atoms with E-state index in [2.05, 4.69) is 130 Å². The van der Waals surface area contributed by atoms with Gasteiger partial charge in [-0.2, -0.15) is 0 Å². The number of fused-ring (bicyclic) bond motifs is 8. The van der Waals surface area contributed by atoms with E-state index in [0.717, 1.165) is 41.5 Å². The molecule has 0 saturated heterocycles. The molecular weight excluding hydrogens is 545 g/mol. The summed E-state index contributed by atoms with van der Waals surface area (Å²) in [6.45, 7) is 9.53. The molecule has 210 valence electrons. The minimum Gasteiger partial charge on any atom is -0.458 e. The molecule has 4 aliphatic rings. The van der Waals surface area contributed by atoms with Crippen LogP contribution in [0.15, 0.2) is 107 Å². The van der Waals surface area contributed by atoms with Gasteiger partial charge in [-0.1, -0.05) is 94.1 Å². The predicted molar refractivity (Wildman–Crippen MR) is 178 cm³/mol. The fraction of sp³-hybridized carbons (Fsp3) is 0.211. The lowest BCUT2D eigenvalue weighted by molar-refractivity contribution is 0.318. The van der Waals surface area contributed by atoms with E-state index in [-0.39, 0.29) is 17.5 Å². The fourth-order valence-electron chi connectivity index (χ4n) is 7.74. The summed E-state index contributed by atoms with van der Waals surface area (Å²) in [5, 5.41) is 0. The monoisotopic (exact) mass is 577 g/mol. The molecule has 1 aliphatic carbocycles. The molecule has 0 spiro atoms. The number of hydrogen-bond acceptors (Lipinski definition) is 4. The van der Waals surface area contributed by atoms with Crippen LogP contribution in [0.2, 0.25) is 0 Å². The van der Waals surface area contributed by atoms with E-state index in [9.17, 15) is 0 Å². The van der Waals surface area contributed by atoms with Gasteiger partial charge in [0.1, 0.15) is 23.0 Å². The van der Waals surface area contributed by atoms with Crippen molar-refractivity contribution in [3.8, 4) is 23.0 Å². The van der Waals surface area contributed by atoms with E-state index in [1.807, 2.05) is 11.8 Å². The van der Waals surface area contributed by atoms with Gasteiger partial charge in [0, 0.05) is 20.8 Å². The van der Waals surface area contributed by atoms with Gasteiger partial charge in [0.15, 0.2) is 0 Å². The van der Waals surface area contributed by atoms with Crippen molar-refractivity contribution in [1.29, 1.82) is 0 Å². The number of nitrogens with zero attached hydrogens (tertiary/aromatic N) is 1. The third-order valence-corrected chi connectivity index (χ3v) is 11.1. The molecule has 0 N–H and O–H groups in total. The number of anilines is 3. The zero-order chi connectivity index (χ0) is 29.1. The van der Waals surface area contributed by atoms with Gasteiger partial charge in [-0.15, -0.1) is 0 Å². The third-order valence-electron chi connectivity index (χ3n) is 10.0. The van der Waals surface area contributed by atoms with Crippen LogP contribution in [-0.4, -0.2) is 6.71 Å². The first-order chi connectivity index (χ1) is 20.8. The average molecular weight is 578 g/mol. The summed E-state index contributed by atoms with van der Waals surface area (Å²) in [4.78, 5) is 4.89. The zero-order valence-electron chi connectivity index (χ0n) is 24.9. The summed E-state index contributed by atoms with van der Waals surface area (Å²) in [5.41, 5.74) is 9.66. The van der Waals surface area contributed by atoms with Crippen LogP contribution in [0.4, 0.5) is 17.1 Å². The van der Waals surface area contributed by atoms with Gasteiger partial charge in [0.05, 0.1) is 17.1 Å². The highest BCUT2D eigenvalue weighted by molar-refractivity contribution is 7.99. The highest BCUT2D eigenvalue weighted by atomic mass is 32.2. The zero-order valence-corrected chi connectivity index (χ0v) is 25.7. The Balaban J connectivity index is 1.36. The second-order valence-electron chi connectivity index (χ2n) is 13.6. The molecule has 5 aromatic rings. The first-order valence-corrected chi connectivity index (χ1v) is 16.1. The second kappa shape index (κ2) is 8.73. The van der Waals surface area contributed by atoms with Crippen molar-refractivity contribution >= 4 is 51.9 Å². The van der Waals surface area contributed by atoms with Crippen molar-refractivity contribution in [3.63, 3.8) is 0 Å². The van der Waals surface area contributed by atoms with Gasteiger partial charge in [-0.05, 0) is 82.6 Å². The Morgan fingerprint density at radius 3 is 2.02 bits per heavy atom. The molecule has 0 atom stereocenters. The lowest BCUT2D eigenvalue weighted by Crippen LogP contribution is -2.58. The molecule has 0 saturated carbocycles. The van der Waals surface area contributed by atoms with E-state index in [1.54, 1.807) is 0 Å². The normalized spacial score (nSPS) is 17.7. The quantitative estimate of drug-likeness (QED) is 0.182. The lowest BCUT2D eigenvalue weighted by Gasteiger charge is -2.46. The smallest absolute Gasteiger partial charge is 0.260 e. The Labute approximate surface area is 257 Å². The molecule has 0 unspecified atom stereocenters. The fourth-order valence-corrected chi connectivity index (χ4v) is 8.79. The number of hydrogen-bond donors (Lipinski definition) is 0. The maximum atomic E-state index is 7.35. The van der Waals surface area contributed by atoms with Crippen LogP contribution in [0.1, 0.15) is 51.7 Å². The Morgan fingerprint density at radius 2 is 1.26 bits per heavy atom. The molecule has 3 aliphatic heterocycles. The molecular formula is C38H32BNO2S. The van der Waals surface area contributed by atoms with Crippen LogP contribution >= 0.6 is 11.8 Å². The van der Waals surface area contributed by atoms with Crippen LogP contribution in [-0.2, 0) is 10.8 Å². The summed E-state index contributed by atoms with van der Waals surface area (Å²) < 4.78 is 14.1. The molecule has 0 radical (unpaired) electrons. The van der Waals surface area contributed by atoms with E-state index in [0.29, 0.717) is 0 Å². The molecule has 0 aromatic heterocycles. The van der Waals surface area contributed by atoms with Crippen molar-refractivity contribution in [2.45, 2.75) is 61.2 Å². The molecule has 0 bridgehead atoms. The van der Waals surface area contributed by atoms with Crippen LogP contribution in [0.25, 0.3) is 0 Å². The van der Waals surface area contributed by atoms with Gasteiger partial charge < -0.3 is 14.4 Å². The number of ether oxygens (including phenoxy) is 2. The van der Waals surface area contributed by atoms with E-state index < -0.39 is 0 Å². The van der Waals surface area contributed by atoms with Gasteiger partial charge in [0.25, 0.3) is 6.71 Å². The highest BCUT2D eigenvalue weighted by Crippen LogP contribution is 2.56. The molecule has 5 heteroatoms. The Bertz CT molecular complexity index is 1950. The van der Waals surface area contributed by atoms with Gasteiger partial charge >= 0.3 is 0 Å². The maximum Gasteiger partial charge on any atom is 0.260 e. The SMILES string of the molecule is CC1(C)CCC(C)(C)c2c1cc1c3c2Oc2c(cccc2N2c4ccccc4Sc4ccccc42)B3c2ccccc2O1. The molecule has 43 heavy (non-hydrogen) atoms. The highest BCUT2D eigenvalue weighted by Gasteiger charge is 2.48. The number of benzene rings is 5. The molecule has 0 fully saturated rings. The van der Waals surface area contributed by atoms with Crippen molar-refractivity contribution in [2.75, 3.05) is 4.90 Å². The first-order valence-electron chi connectivity index (χ1n) is 15.3. The summed E-state index contributed by atoms with van der Waals surface area (Å²) in [6, 6.07) is 35.0. The molecule has 9 rings (SSSR count). The third kappa shape index (κ3) is 3.52. The Morgan fingerprint density at radius 1 is 0.628 bits per heavy atom. The number of rotatable bonds is 1. The van der Waals surface area contributed by atoms with Crippen molar-refractivity contribution < 1.29 is 9.47 Å². The summed E-state index contributed by atoms with van der Waals surface area (Å²) in [5.74, 6) is 3.80. The van der Waals surface area contributed by atoms with Gasteiger partial charge in [-0.25, -0.2) is 0 Å². The van der Waals surface area contributed by atoms with Crippen LogP contribution in [0.3, 0.4) is 0 Å².